The number of alkyl halides is 1. The monoisotopic (exact) mass is 247 g/mol. The van der Waals surface area contributed by atoms with Crippen molar-refractivity contribution >= 4 is 11.9 Å². The topological polar surface area (TPSA) is 89.6 Å². The quantitative estimate of drug-likeness (QED) is 0.722. The van der Waals surface area contributed by atoms with Crippen LogP contribution in [-0.4, -0.2) is 34.9 Å². The summed E-state index contributed by atoms with van der Waals surface area (Å²) in [5, 5.41) is 9.06. The molecule has 17 heavy (non-hydrogen) atoms. The first-order valence-electron chi connectivity index (χ1n) is 5.44. The Hall–Kier alpha value is -1.17. The molecule has 1 saturated carbocycles. The molecule has 0 heterocycles. The molecule has 1 atom stereocenters. The summed E-state index contributed by atoms with van der Waals surface area (Å²) in [6.45, 7) is 4.97. The molecule has 0 spiro atoms. The van der Waals surface area contributed by atoms with Crippen molar-refractivity contribution in [3.05, 3.63) is 0 Å². The molecule has 1 aliphatic rings. The molecule has 0 amide bonds. The zero-order valence-electron chi connectivity index (χ0n) is 10.2. The Kier molecular flexibility index (Phi) is 3.47. The van der Waals surface area contributed by atoms with Gasteiger partial charge in [-0.25, -0.2) is 4.39 Å². The first-order chi connectivity index (χ1) is 7.58. The number of ether oxygens (including phenoxy) is 1. The maximum Gasteiger partial charge on any atom is 0.324 e. The zero-order chi connectivity index (χ0) is 13.4. The van der Waals surface area contributed by atoms with E-state index >= 15 is 0 Å². The van der Waals surface area contributed by atoms with Gasteiger partial charge < -0.3 is 15.6 Å². The van der Waals surface area contributed by atoms with Gasteiger partial charge in [0.1, 0.15) is 17.8 Å². The molecule has 5 nitrogen and oxygen atoms in total. The molecule has 6 heteroatoms. The lowest BCUT2D eigenvalue weighted by Gasteiger charge is -2.43. The highest BCUT2D eigenvalue weighted by atomic mass is 19.1. The summed E-state index contributed by atoms with van der Waals surface area (Å²) in [6, 6.07) is -1.33. The molecule has 98 valence electrons. The summed E-state index contributed by atoms with van der Waals surface area (Å²) < 4.78 is 17.9. The lowest BCUT2D eigenvalue weighted by atomic mass is 9.63. The molecule has 1 aliphatic carbocycles. The number of hydrogen-bond donors (Lipinski definition) is 2. The lowest BCUT2D eigenvalue weighted by Crippen LogP contribution is -2.60. The van der Waals surface area contributed by atoms with E-state index in [1.54, 1.807) is 20.8 Å². The first kappa shape index (κ1) is 13.9. The standard InChI is InChI=1S/C11H18FNO4/c1-10(2,3)17-8(14)7(13)11(9(15)16)4-6(12)5-11/h6-7H,4-5,13H2,1-3H3,(H,15,16)/t6?,7-,11?/m1/s1. The molecule has 0 aliphatic heterocycles. The van der Waals surface area contributed by atoms with E-state index in [-0.39, 0.29) is 12.8 Å². The number of carboxylic acids is 1. The molecule has 1 fully saturated rings. The van der Waals surface area contributed by atoms with Crippen molar-refractivity contribution in [3.63, 3.8) is 0 Å². The predicted molar refractivity (Wildman–Crippen MR) is 58.0 cm³/mol. The second kappa shape index (κ2) is 4.25. The third-order valence-electron chi connectivity index (χ3n) is 2.85. The van der Waals surface area contributed by atoms with Gasteiger partial charge in [-0.2, -0.15) is 0 Å². The molecular weight excluding hydrogens is 229 g/mol. The van der Waals surface area contributed by atoms with Crippen LogP contribution >= 0.6 is 0 Å². The Morgan fingerprint density at radius 2 is 1.94 bits per heavy atom. The summed E-state index contributed by atoms with van der Waals surface area (Å²) in [5.74, 6) is -2.04. The highest BCUT2D eigenvalue weighted by molar-refractivity contribution is 5.87. The molecule has 0 radical (unpaired) electrons. The minimum absolute atomic E-state index is 0.233. The normalized spacial score (nSPS) is 30.3. The van der Waals surface area contributed by atoms with Gasteiger partial charge in [-0.3, -0.25) is 9.59 Å². The van der Waals surface area contributed by atoms with Crippen LogP contribution in [0.1, 0.15) is 33.6 Å². The van der Waals surface area contributed by atoms with Gasteiger partial charge in [0.25, 0.3) is 0 Å². The Morgan fingerprint density at radius 1 is 1.47 bits per heavy atom. The van der Waals surface area contributed by atoms with Crippen molar-refractivity contribution in [2.45, 2.75) is 51.4 Å². The second-order valence-electron chi connectivity index (χ2n) is 5.48. The Morgan fingerprint density at radius 3 is 2.24 bits per heavy atom. The number of rotatable bonds is 3. The number of carboxylic acid groups (broad SMARTS) is 1. The van der Waals surface area contributed by atoms with Crippen LogP contribution < -0.4 is 5.73 Å². The van der Waals surface area contributed by atoms with Crippen molar-refractivity contribution in [2.75, 3.05) is 0 Å². The average molecular weight is 247 g/mol. The fourth-order valence-electron chi connectivity index (χ4n) is 1.88. The molecule has 0 saturated heterocycles. The summed E-state index contributed by atoms with van der Waals surface area (Å²) in [4.78, 5) is 22.8. The van der Waals surface area contributed by atoms with Crippen molar-refractivity contribution in [1.29, 1.82) is 0 Å². The summed E-state index contributed by atoms with van der Waals surface area (Å²) in [7, 11) is 0. The van der Waals surface area contributed by atoms with Gasteiger partial charge >= 0.3 is 11.9 Å². The number of carbonyl (C=O) groups is 2. The van der Waals surface area contributed by atoms with Crippen LogP contribution in [0.15, 0.2) is 0 Å². The average Bonchev–Trinajstić information content (AvgIpc) is 2.07. The Bertz CT molecular complexity index is 331. The van der Waals surface area contributed by atoms with Gasteiger partial charge in [-0.05, 0) is 33.6 Å². The van der Waals surface area contributed by atoms with E-state index < -0.39 is 35.2 Å². The van der Waals surface area contributed by atoms with E-state index in [1.807, 2.05) is 0 Å². The minimum Gasteiger partial charge on any atom is -0.481 e. The van der Waals surface area contributed by atoms with Crippen molar-refractivity contribution in [3.8, 4) is 0 Å². The number of hydrogen-bond acceptors (Lipinski definition) is 4. The fraction of sp³-hybridized carbons (Fsp3) is 0.818. The van der Waals surface area contributed by atoms with Crippen LogP contribution in [0.3, 0.4) is 0 Å². The van der Waals surface area contributed by atoms with Crippen LogP contribution in [0.25, 0.3) is 0 Å². The summed E-state index contributed by atoms with van der Waals surface area (Å²) >= 11 is 0. The third kappa shape index (κ3) is 2.74. The maximum absolute atomic E-state index is 12.9. The van der Waals surface area contributed by atoms with Crippen molar-refractivity contribution in [2.24, 2.45) is 11.1 Å². The molecule has 0 aromatic heterocycles. The third-order valence-corrected chi connectivity index (χ3v) is 2.85. The molecule has 0 aromatic rings. The summed E-state index contributed by atoms with van der Waals surface area (Å²) in [6.07, 6.45) is -1.68. The van der Waals surface area contributed by atoms with E-state index in [1.165, 1.54) is 0 Å². The molecule has 0 unspecified atom stereocenters. The summed E-state index contributed by atoms with van der Waals surface area (Å²) in [5.41, 5.74) is 3.35. The van der Waals surface area contributed by atoms with E-state index in [2.05, 4.69) is 0 Å². The smallest absolute Gasteiger partial charge is 0.324 e. The van der Waals surface area contributed by atoms with Crippen LogP contribution in [0, 0.1) is 5.41 Å². The van der Waals surface area contributed by atoms with E-state index in [9.17, 15) is 14.0 Å². The second-order valence-corrected chi connectivity index (χ2v) is 5.48. The SMILES string of the molecule is CC(C)(C)OC(=O)[C@@H](N)C1(C(=O)O)CC(F)C1. The van der Waals surface area contributed by atoms with Gasteiger partial charge in [0.15, 0.2) is 0 Å². The lowest BCUT2D eigenvalue weighted by molar-refractivity contribution is -0.176. The molecule has 0 aromatic carbocycles. The molecule has 3 N–H and O–H groups in total. The van der Waals surface area contributed by atoms with Gasteiger partial charge in [0, 0.05) is 0 Å². The van der Waals surface area contributed by atoms with Crippen LogP contribution in [0.2, 0.25) is 0 Å². The van der Waals surface area contributed by atoms with E-state index in [4.69, 9.17) is 15.6 Å². The zero-order valence-corrected chi connectivity index (χ0v) is 10.2. The number of aliphatic carboxylic acids is 1. The predicted octanol–water partition coefficient (Wildman–Crippen LogP) is 0.858. The molecular formula is C11H18FNO4. The van der Waals surface area contributed by atoms with Gasteiger partial charge in [0.2, 0.25) is 0 Å². The van der Waals surface area contributed by atoms with E-state index in [0.29, 0.717) is 0 Å². The minimum atomic E-state index is -1.51. The molecule has 0 bridgehead atoms. The first-order valence-corrected chi connectivity index (χ1v) is 5.44. The number of halogens is 1. The maximum atomic E-state index is 12.9. The van der Waals surface area contributed by atoms with E-state index in [0.717, 1.165) is 0 Å². The molecule has 1 rings (SSSR count). The highest BCUT2D eigenvalue weighted by Gasteiger charge is 2.58. The van der Waals surface area contributed by atoms with Crippen LogP contribution in [0.5, 0.6) is 0 Å². The van der Waals surface area contributed by atoms with Gasteiger partial charge in [0.05, 0.1) is 5.41 Å². The van der Waals surface area contributed by atoms with Gasteiger partial charge in [-0.1, -0.05) is 0 Å². The Balaban J connectivity index is 2.77. The number of nitrogens with two attached hydrogens (primary N) is 1. The highest BCUT2D eigenvalue weighted by Crippen LogP contribution is 2.46. The Labute approximate surface area is 99.1 Å². The van der Waals surface area contributed by atoms with Crippen molar-refractivity contribution in [1.82, 2.24) is 0 Å². The van der Waals surface area contributed by atoms with Crippen molar-refractivity contribution < 1.29 is 23.8 Å². The number of carbonyl (C=O) groups excluding carboxylic acids is 1. The largest absolute Gasteiger partial charge is 0.481 e. The fourth-order valence-corrected chi connectivity index (χ4v) is 1.88. The number of esters is 1. The van der Waals surface area contributed by atoms with Crippen LogP contribution in [0.4, 0.5) is 4.39 Å². The van der Waals surface area contributed by atoms with Gasteiger partial charge in [-0.15, -0.1) is 0 Å². The van der Waals surface area contributed by atoms with Crippen LogP contribution in [-0.2, 0) is 14.3 Å².